The van der Waals surface area contributed by atoms with Crippen LogP contribution in [0.2, 0.25) is 0 Å². The highest BCUT2D eigenvalue weighted by atomic mass is 16.6. The molecule has 0 saturated carbocycles. The summed E-state index contributed by atoms with van der Waals surface area (Å²) in [4.78, 5) is 26.5. The quantitative estimate of drug-likeness (QED) is 0.200. The molecule has 3 rings (SSSR count). The van der Waals surface area contributed by atoms with Gasteiger partial charge in [-0.25, -0.2) is 4.98 Å². The first-order chi connectivity index (χ1) is 13.5. The van der Waals surface area contributed by atoms with Crippen molar-refractivity contribution in [2.45, 2.75) is 13.3 Å². The number of ether oxygens (including phenoxy) is 1. The van der Waals surface area contributed by atoms with Crippen molar-refractivity contribution in [3.8, 4) is 5.75 Å². The first kappa shape index (κ1) is 19.0. The molecule has 140 valence electrons. The van der Waals surface area contributed by atoms with Gasteiger partial charge in [-0.15, -0.1) is 6.58 Å². The highest BCUT2D eigenvalue weighted by molar-refractivity contribution is 5.89. The van der Waals surface area contributed by atoms with Gasteiger partial charge in [-0.1, -0.05) is 30.4 Å². The van der Waals surface area contributed by atoms with E-state index < -0.39 is 10.9 Å². The molecule has 0 saturated heterocycles. The minimum absolute atomic E-state index is 0.0433. The van der Waals surface area contributed by atoms with E-state index in [1.807, 2.05) is 30.3 Å². The molecule has 0 spiro atoms. The summed E-state index contributed by atoms with van der Waals surface area (Å²) < 4.78 is 5.43. The number of allylic oxidation sites excluding steroid dienone is 1. The molecule has 0 N–H and O–H groups in total. The third-order valence-corrected chi connectivity index (χ3v) is 4.08. The Kier molecular flexibility index (Phi) is 5.60. The second-order valence-corrected chi connectivity index (χ2v) is 6.13. The molecule has 0 radical (unpaired) electrons. The Morgan fingerprint density at radius 1 is 1.14 bits per heavy atom. The van der Waals surface area contributed by atoms with Crippen LogP contribution in [-0.4, -0.2) is 15.9 Å². The lowest BCUT2D eigenvalue weighted by molar-refractivity contribution is -0.384. The van der Waals surface area contributed by atoms with E-state index in [2.05, 4.69) is 11.6 Å². The van der Waals surface area contributed by atoms with Crippen LogP contribution in [0.3, 0.4) is 0 Å². The Morgan fingerprint density at radius 2 is 1.86 bits per heavy atom. The van der Waals surface area contributed by atoms with Gasteiger partial charge in [-0.3, -0.25) is 14.9 Å². The van der Waals surface area contributed by atoms with Crippen molar-refractivity contribution in [2.24, 2.45) is 0 Å². The Morgan fingerprint density at radius 3 is 2.50 bits per heavy atom. The van der Waals surface area contributed by atoms with Crippen molar-refractivity contribution in [3.05, 3.63) is 88.1 Å². The molecule has 0 fully saturated rings. The third-order valence-electron chi connectivity index (χ3n) is 4.08. The molecule has 1 heterocycles. The van der Waals surface area contributed by atoms with E-state index in [4.69, 9.17) is 4.74 Å². The molecule has 28 heavy (non-hydrogen) atoms. The Bertz CT molecular complexity index is 1090. The first-order valence-electron chi connectivity index (χ1n) is 8.62. The van der Waals surface area contributed by atoms with Crippen LogP contribution in [0.1, 0.15) is 23.7 Å². The molecule has 6 heteroatoms. The van der Waals surface area contributed by atoms with E-state index in [1.165, 1.54) is 19.1 Å². The van der Waals surface area contributed by atoms with Crippen molar-refractivity contribution in [1.29, 1.82) is 0 Å². The van der Waals surface area contributed by atoms with Crippen LogP contribution in [0.5, 0.6) is 5.75 Å². The summed E-state index contributed by atoms with van der Waals surface area (Å²) in [6.07, 6.45) is 5.92. The molecule has 0 aliphatic heterocycles. The van der Waals surface area contributed by atoms with Crippen molar-refractivity contribution < 1.29 is 14.5 Å². The average Bonchev–Trinajstić information content (AvgIpc) is 2.68. The zero-order chi connectivity index (χ0) is 20.1. The van der Waals surface area contributed by atoms with Crippen LogP contribution >= 0.6 is 0 Å². The normalized spacial score (nSPS) is 10.9. The Hall–Kier alpha value is -3.80. The summed E-state index contributed by atoms with van der Waals surface area (Å²) in [5, 5.41) is 11.6. The maximum atomic E-state index is 11.5. The zero-order valence-electron chi connectivity index (χ0n) is 15.3. The molecule has 0 aliphatic rings. The summed E-state index contributed by atoms with van der Waals surface area (Å²) in [6, 6.07) is 13.8. The topological polar surface area (TPSA) is 82.3 Å². The van der Waals surface area contributed by atoms with Gasteiger partial charge in [0.1, 0.15) is 5.52 Å². The van der Waals surface area contributed by atoms with E-state index in [-0.39, 0.29) is 5.69 Å². The number of carbonyl (C=O) groups excluding carboxylic acids is 1. The SMILES string of the molecule is C=CCc1ccc2ccc(/C=C/c3ccc([N+](=O)[O-])cc3)nc2c1OC(C)=O. The van der Waals surface area contributed by atoms with E-state index in [0.717, 1.165) is 16.5 Å². The number of non-ortho nitro benzene ring substituents is 1. The molecule has 0 amide bonds. The maximum Gasteiger partial charge on any atom is 0.308 e. The van der Waals surface area contributed by atoms with Gasteiger partial charge in [0.2, 0.25) is 0 Å². The summed E-state index contributed by atoms with van der Waals surface area (Å²) in [5.74, 6) is 0.0296. The number of nitro groups is 1. The number of carbonyl (C=O) groups is 1. The van der Waals surface area contributed by atoms with Gasteiger partial charge in [-0.05, 0) is 36.3 Å². The largest absolute Gasteiger partial charge is 0.424 e. The van der Waals surface area contributed by atoms with Crippen molar-refractivity contribution in [1.82, 2.24) is 4.98 Å². The number of nitro benzene ring substituents is 1. The van der Waals surface area contributed by atoms with Crippen molar-refractivity contribution in [3.63, 3.8) is 0 Å². The van der Waals surface area contributed by atoms with E-state index in [1.54, 1.807) is 24.3 Å². The molecule has 3 aromatic rings. The van der Waals surface area contributed by atoms with Gasteiger partial charge >= 0.3 is 5.97 Å². The second kappa shape index (κ2) is 8.26. The van der Waals surface area contributed by atoms with Crippen molar-refractivity contribution >= 4 is 34.7 Å². The van der Waals surface area contributed by atoms with Gasteiger partial charge in [0.05, 0.1) is 10.6 Å². The lowest BCUT2D eigenvalue weighted by Gasteiger charge is -2.11. The Balaban J connectivity index is 1.98. The fourth-order valence-corrected chi connectivity index (χ4v) is 2.77. The summed E-state index contributed by atoms with van der Waals surface area (Å²) in [7, 11) is 0. The number of nitrogens with zero attached hydrogens (tertiary/aromatic N) is 2. The molecule has 0 bridgehead atoms. The first-order valence-corrected chi connectivity index (χ1v) is 8.62. The summed E-state index contributed by atoms with van der Waals surface area (Å²) >= 11 is 0. The number of esters is 1. The third kappa shape index (κ3) is 4.29. The van der Waals surface area contributed by atoms with Crippen LogP contribution in [0, 0.1) is 10.1 Å². The fraction of sp³-hybridized carbons (Fsp3) is 0.0909. The summed E-state index contributed by atoms with van der Waals surface area (Å²) in [5.41, 5.74) is 2.96. The summed E-state index contributed by atoms with van der Waals surface area (Å²) in [6.45, 7) is 5.10. The van der Waals surface area contributed by atoms with Gasteiger partial charge in [0, 0.05) is 30.0 Å². The monoisotopic (exact) mass is 374 g/mol. The molecule has 0 aliphatic carbocycles. The number of pyridine rings is 1. The minimum atomic E-state index is -0.435. The zero-order valence-corrected chi connectivity index (χ0v) is 15.3. The lowest BCUT2D eigenvalue weighted by atomic mass is 10.1. The van der Waals surface area contributed by atoms with E-state index in [0.29, 0.717) is 23.4 Å². The average molecular weight is 374 g/mol. The van der Waals surface area contributed by atoms with E-state index in [9.17, 15) is 14.9 Å². The number of hydrogen-bond acceptors (Lipinski definition) is 5. The van der Waals surface area contributed by atoms with Crippen LogP contribution in [0.15, 0.2) is 61.2 Å². The number of fused-ring (bicyclic) bond motifs is 1. The maximum absolute atomic E-state index is 11.5. The molecule has 0 unspecified atom stereocenters. The highest BCUT2D eigenvalue weighted by Crippen LogP contribution is 2.30. The molecule has 1 aromatic heterocycles. The predicted octanol–water partition coefficient (Wildman–Crippen LogP) is 4.97. The number of aromatic nitrogens is 1. The van der Waals surface area contributed by atoms with Crippen LogP contribution in [0.4, 0.5) is 5.69 Å². The van der Waals surface area contributed by atoms with Gasteiger partial charge in [-0.2, -0.15) is 0 Å². The second-order valence-electron chi connectivity index (χ2n) is 6.13. The van der Waals surface area contributed by atoms with E-state index >= 15 is 0 Å². The van der Waals surface area contributed by atoms with Gasteiger partial charge in [0.15, 0.2) is 5.75 Å². The number of rotatable bonds is 6. The highest BCUT2D eigenvalue weighted by Gasteiger charge is 2.12. The number of hydrogen-bond donors (Lipinski definition) is 0. The van der Waals surface area contributed by atoms with Crippen LogP contribution in [0.25, 0.3) is 23.1 Å². The van der Waals surface area contributed by atoms with Gasteiger partial charge in [0.25, 0.3) is 5.69 Å². The van der Waals surface area contributed by atoms with Crippen LogP contribution < -0.4 is 4.74 Å². The van der Waals surface area contributed by atoms with Crippen LogP contribution in [-0.2, 0) is 11.2 Å². The molecule has 2 aromatic carbocycles. The standard InChI is InChI=1S/C22H18N2O4/c1-3-4-18-9-8-17-10-12-19(23-21(17)22(18)28-15(2)25)11-5-16-6-13-20(14-7-16)24(26)27/h3,5-14H,1,4H2,2H3/b11-5+. The lowest BCUT2D eigenvalue weighted by Crippen LogP contribution is -2.05. The smallest absolute Gasteiger partial charge is 0.308 e. The molecule has 6 nitrogen and oxygen atoms in total. The predicted molar refractivity (Wildman–Crippen MR) is 109 cm³/mol. The minimum Gasteiger partial charge on any atom is -0.424 e. The Labute approximate surface area is 161 Å². The molecule has 0 atom stereocenters. The molecular formula is C22H18N2O4. The molecular weight excluding hydrogens is 356 g/mol. The van der Waals surface area contributed by atoms with Gasteiger partial charge < -0.3 is 4.74 Å². The number of benzene rings is 2. The fourth-order valence-electron chi connectivity index (χ4n) is 2.77. The van der Waals surface area contributed by atoms with Crippen molar-refractivity contribution in [2.75, 3.05) is 0 Å².